The Balaban J connectivity index is 2.77. The zero-order valence-electron chi connectivity index (χ0n) is 9.34. The van der Waals surface area contributed by atoms with Gasteiger partial charge in [0.2, 0.25) is 10.0 Å². The third kappa shape index (κ3) is 3.32. The van der Waals surface area contributed by atoms with Crippen LogP contribution in [0.5, 0.6) is 0 Å². The molecular formula is C11H17NO2S. The van der Waals surface area contributed by atoms with E-state index in [4.69, 9.17) is 0 Å². The largest absolute Gasteiger partial charge is 0.214 e. The molecule has 0 heterocycles. The Morgan fingerprint density at radius 3 is 2.20 bits per heavy atom. The van der Waals surface area contributed by atoms with Crippen LogP contribution >= 0.6 is 0 Å². The van der Waals surface area contributed by atoms with Crippen molar-refractivity contribution >= 4 is 10.0 Å². The van der Waals surface area contributed by atoms with Gasteiger partial charge in [0.05, 0.1) is 5.75 Å². The van der Waals surface area contributed by atoms with E-state index in [1.807, 2.05) is 37.3 Å². The Bertz CT molecular complexity index is 398. The highest BCUT2D eigenvalue weighted by Gasteiger charge is 2.18. The van der Waals surface area contributed by atoms with Gasteiger partial charge in [-0.25, -0.2) is 12.7 Å². The number of sulfonamides is 1. The minimum absolute atomic E-state index is 0.0265. The van der Waals surface area contributed by atoms with Gasteiger partial charge >= 0.3 is 0 Å². The van der Waals surface area contributed by atoms with Gasteiger partial charge in [-0.05, 0) is 11.5 Å². The molecule has 0 aliphatic rings. The van der Waals surface area contributed by atoms with Crippen LogP contribution < -0.4 is 0 Å². The Hall–Kier alpha value is -0.870. The van der Waals surface area contributed by atoms with Gasteiger partial charge in [-0.15, -0.1) is 0 Å². The molecule has 1 atom stereocenters. The molecule has 84 valence electrons. The van der Waals surface area contributed by atoms with Crippen molar-refractivity contribution < 1.29 is 8.42 Å². The first-order valence-corrected chi connectivity index (χ1v) is 6.49. The monoisotopic (exact) mass is 227 g/mol. The maximum atomic E-state index is 11.6. The molecule has 1 unspecified atom stereocenters. The molecule has 0 saturated heterocycles. The Morgan fingerprint density at radius 1 is 1.20 bits per heavy atom. The lowest BCUT2D eigenvalue weighted by molar-refractivity contribution is 0.516. The van der Waals surface area contributed by atoms with Gasteiger partial charge in [0, 0.05) is 14.1 Å². The highest BCUT2D eigenvalue weighted by Crippen LogP contribution is 2.17. The number of benzene rings is 1. The van der Waals surface area contributed by atoms with Crippen molar-refractivity contribution in [2.45, 2.75) is 12.8 Å². The summed E-state index contributed by atoms with van der Waals surface area (Å²) in [7, 11) is 0.0128. The van der Waals surface area contributed by atoms with Crippen LogP contribution in [0.3, 0.4) is 0 Å². The van der Waals surface area contributed by atoms with Crippen molar-refractivity contribution in [3.63, 3.8) is 0 Å². The first kappa shape index (κ1) is 12.2. The molecule has 15 heavy (non-hydrogen) atoms. The van der Waals surface area contributed by atoms with Gasteiger partial charge < -0.3 is 0 Å². The highest BCUT2D eigenvalue weighted by atomic mass is 32.2. The zero-order valence-corrected chi connectivity index (χ0v) is 10.2. The second-order valence-corrected chi connectivity index (χ2v) is 6.10. The zero-order chi connectivity index (χ0) is 11.5. The fraction of sp³-hybridized carbons (Fsp3) is 0.455. The van der Waals surface area contributed by atoms with Crippen LogP contribution in [0.4, 0.5) is 0 Å². The molecule has 1 rings (SSSR count). The molecule has 4 heteroatoms. The van der Waals surface area contributed by atoms with Crippen LogP contribution in [0.1, 0.15) is 18.4 Å². The number of hydrogen-bond acceptors (Lipinski definition) is 2. The summed E-state index contributed by atoms with van der Waals surface area (Å²) in [5.74, 6) is 0.183. The van der Waals surface area contributed by atoms with Crippen molar-refractivity contribution in [2.75, 3.05) is 19.8 Å². The molecule has 0 N–H and O–H groups in total. The summed E-state index contributed by atoms with van der Waals surface area (Å²) in [6.45, 7) is 1.93. The van der Waals surface area contributed by atoms with Gasteiger partial charge in [-0.3, -0.25) is 0 Å². The summed E-state index contributed by atoms with van der Waals surface area (Å²) in [6.07, 6.45) is 0. The molecule has 0 aliphatic heterocycles. The summed E-state index contributed by atoms with van der Waals surface area (Å²) in [5.41, 5.74) is 1.06. The first-order chi connectivity index (χ1) is 6.93. The minimum atomic E-state index is -3.11. The first-order valence-electron chi connectivity index (χ1n) is 4.88. The highest BCUT2D eigenvalue weighted by molar-refractivity contribution is 7.89. The van der Waals surface area contributed by atoms with Crippen LogP contribution in [-0.2, 0) is 10.0 Å². The standard InChI is InChI=1S/C11H17NO2S/c1-10(9-15(13,14)12(2)3)11-7-5-4-6-8-11/h4-8,10H,9H2,1-3H3. The van der Waals surface area contributed by atoms with Crippen LogP contribution in [0.2, 0.25) is 0 Å². The summed E-state index contributed by atoms with van der Waals surface area (Å²) < 4.78 is 24.6. The molecule has 0 spiro atoms. The third-order valence-corrected chi connectivity index (χ3v) is 4.42. The van der Waals surface area contributed by atoms with Crippen molar-refractivity contribution in [1.82, 2.24) is 4.31 Å². The molecule has 1 aromatic carbocycles. The normalized spacial score (nSPS) is 14.1. The van der Waals surface area contributed by atoms with Crippen LogP contribution in [0.25, 0.3) is 0 Å². The number of nitrogens with zero attached hydrogens (tertiary/aromatic N) is 1. The summed E-state index contributed by atoms with van der Waals surface area (Å²) in [5, 5.41) is 0. The second kappa shape index (κ2) is 4.77. The van der Waals surface area contributed by atoms with E-state index >= 15 is 0 Å². The predicted octanol–water partition coefficient (Wildman–Crippen LogP) is 1.68. The predicted molar refractivity (Wildman–Crippen MR) is 62.3 cm³/mol. The molecule has 0 amide bonds. The van der Waals surface area contributed by atoms with E-state index in [1.54, 1.807) is 14.1 Å². The van der Waals surface area contributed by atoms with Gasteiger partial charge in [-0.2, -0.15) is 0 Å². The lowest BCUT2D eigenvalue weighted by Gasteiger charge is -2.16. The molecule has 0 radical (unpaired) electrons. The van der Waals surface area contributed by atoms with E-state index in [9.17, 15) is 8.42 Å². The van der Waals surface area contributed by atoms with Crippen molar-refractivity contribution in [3.8, 4) is 0 Å². The van der Waals surface area contributed by atoms with Crippen LogP contribution in [0.15, 0.2) is 30.3 Å². The second-order valence-electron chi connectivity index (χ2n) is 3.87. The fourth-order valence-electron chi connectivity index (χ4n) is 1.34. The van der Waals surface area contributed by atoms with E-state index in [-0.39, 0.29) is 11.7 Å². The average molecular weight is 227 g/mol. The molecule has 0 saturated carbocycles. The van der Waals surface area contributed by atoms with Gasteiger partial charge in [0.25, 0.3) is 0 Å². The van der Waals surface area contributed by atoms with E-state index in [2.05, 4.69) is 0 Å². The van der Waals surface area contributed by atoms with Crippen molar-refractivity contribution in [3.05, 3.63) is 35.9 Å². The Labute approximate surface area is 91.8 Å². The van der Waals surface area contributed by atoms with Crippen molar-refractivity contribution in [1.29, 1.82) is 0 Å². The van der Waals surface area contributed by atoms with Gasteiger partial charge in [-0.1, -0.05) is 37.3 Å². The maximum Gasteiger partial charge on any atom is 0.214 e. The summed E-state index contributed by atoms with van der Waals surface area (Å²) >= 11 is 0. The smallest absolute Gasteiger partial charge is 0.212 e. The number of hydrogen-bond donors (Lipinski definition) is 0. The van der Waals surface area contributed by atoms with E-state index in [0.29, 0.717) is 0 Å². The number of rotatable bonds is 4. The fourth-order valence-corrected chi connectivity index (χ4v) is 2.47. The molecule has 0 aliphatic carbocycles. The van der Waals surface area contributed by atoms with Crippen LogP contribution in [0, 0.1) is 0 Å². The topological polar surface area (TPSA) is 37.4 Å². The minimum Gasteiger partial charge on any atom is -0.212 e. The molecular weight excluding hydrogens is 210 g/mol. The van der Waals surface area contributed by atoms with Gasteiger partial charge in [0.1, 0.15) is 0 Å². The quantitative estimate of drug-likeness (QED) is 0.785. The van der Waals surface area contributed by atoms with Gasteiger partial charge in [0.15, 0.2) is 0 Å². The van der Waals surface area contributed by atoms with E-state index in [0.717, 1.165) is 5.56 Å². The summed E-state index contributed by atoms with van der Waals surface area (Å²) in [4.78, 5) is 0. The lowest BCUT2D eigenvalue weighted by atomic mass is 10.0. The molecule has 3 nitrogen and oxygen atoms in total. The SMILES string of the molecule is CC(CS(=O)(=O)N(C)C)c1ccccc1. The van der Waals surface area contributed by atoms with E-state index < -0.39 is 10.0 Å². The maximum absolute atomic E-state index is 11.6. The average Bonchev–Trinajstić information content (AvgIpc) is 2.18. The third-order valence-electron chi connectivity index (χ3n) is 2.39. The lowest BCUT2D eigenvalue weighted by Crippen LogP contribution is -2.27. The molecule has 0 aromatic heterocycles. The Morgan fingerprint density at radius 2 is 1.73 bits per heavy atom. The van der Waals surface area contributed by atoms with Crippen LogP contribution in [-0.4, -0.2) is 32.6 Å². The molecule has 0 fully saturated rings. The summed E-state index contributed by atoms with van der Waals surface area (Å²) in [6, 6.07) is 9.69. The Kier molecular flexibility index (Phi) is 3.88. The van der Waals surface area contributed by atoms with E-state index in [1.165, 1.54) is 4.31 Å². The molecule has 1 aromatic rings. The molecule has 0 bridgehead atoms. The van der Waals surface area contributed by atoms with Crippen molar-refractivity contribution in [2.24, 2.45) is 0 Å².